The molecule has 3 rings (SSSR count). The van der Waals surface area contributed by atoms with Gasteiger partial charge in [-0.1, -0.05) is 29.8 Å². The average Bonchev–Trinajstić information content (AvgIpc) is 2.84. The number of benzene rings is 2. The zero-order valence-corrected chi connectivity index (χ0v) is 22.4. The highest BCUT2D eigenvalue weighted by Crippen LogP contribution is 2.37. The van der Waals surface area contributed by atoms with Gasteiger partial charge in [0.2, 0.25) is 15.9 Å². The lowest BCUT2D eigenvalue weighted by molar-refractivity contribution is -0.126. The second-order valence-electron chi connectivity index (χ2n) is 9.83. The molecule has 0 bridgehead atoms. The third-order valence-corrected chi connectivity index (χ3v) is 8.74. The summed E-state index contributed by atoms with van der Waals surface area (Å²) >= 11 is 0. The highest BCUT2D eigenvalue weighted by atomic mass is 32.2. The van der Waals surface area contributed by atoms with Gasteiger partial charge >= 0.3 is 0 Å². The molecule has 1 saturated carbocycles. The van der Waals surface area contributed by atoms with E-state index in [2.05, 4.69) is 10.2 Å². The van der Waals surface area contributed by atoms with Crippen LogP contribution in [-0.2, 0) is 19.6 Å². The first-order valence-electron chi connectivity index (χ1n) is 12.4. The minimum atomic E-state index is -3.59. The Morgan fingerprint density at radius 2 is 1.64 bits per heavy atom. The number of nitrogens with zero attached hydrogens (tertiary/aromatic N) is 2. The van der Waals surface area contributed by atoms with Crippen LogP contribution in [0.5, 0.6) is 0 Å². The van der Waals surface area contributed by atoms with Crippen molar-refractivity contribution in [1.82, 2.24) is 14.5 Å². The Morgan fingerprint density at radius 1 is 1.03 bits per heavy atom. The summed E-state index contributed by atoms with van der Waals surface area (Å²) in [6, 6.07) is 13.7. The topological polar surface area (TPSA) is 78.9 Å². The fourth-order valence-corrected chi connectivity index (χ4v) is 6.02. The van der Waals surface area contributed by atoms with E-state index in [1.807, 2.05) is 33.2 Å². The highest BCUT2D eigenvalue weighted by Gasteiger charge is 2.30. The fraction of sp³-hybridized carbons (Fsp3) is 0.519. The van der Waals surface area contributed by atoms with Gasteiger partial charge in [0.15, 0.2) is 0 Å². The monoisotopic (exact) mass is 519 g/mol. The van der Waals surface area contributed by atoms with Crippen molar-refractivity contribution < 1.29 is 22.3 Å². The van der Waals surface area contributed by atoms with Crippen LogP contribution in [0.2, 0.25) is 0 Å². The summed E-state index contributed by atoms with van der Waals surface area (Å²) in [7, 11) is 2.00. The van der Waals surface area contributed by atoms with Crippen molar-refractivity contribution >= 4 is 15.9 Å². The molecule has 1 N–H and O–H groups in total. The number of carbonyl (C=O) groups excluding carboxylic acids is 1. The Balaban J connectivity index is 1.39. The molecule has 0 heterocycles. The molecule has 0 aromatic heterocycles. The summed E-state index contributed by atoms with van der Waals surface area (Å²) in [5.41, 5.74) is 2.10. The summed E-state index contributed by atoms with van der Waals surface area (Å²) < 4.78 is 45.3. The number of amides is 1. The fourth-order valence-electron chi connectivity index (χ4n) is 4.87. The van der Waals surface area contributed by atoms with E-state index in [4.69, 9.17) is 4.74 Å². The number of hydrogen-bond donors (Lipinski definition) is 1. The molecule has 9 heteroatoms. The molecule has 1 atom stereocenters. The van der Waals surface area contributed by atoms with Crippen LogP contribution in [0.4, 0.5) is 4.39 Å². The molecule has 198 valence electrons. The zero-order chi connectivity index (χ0) is 26.3. The predicted molar refractivity (Wildman–Crippen MR) is 139 cm³/mol. The van der Waals surface area contributed by atoms with Gasteiger partial charge in [-0.05, 0) is 82.4 Å². The van der Waals surface area contributed by atoms with Crippen LogP contribution in [0, 0.1) is 18.7 Å². The van der Waals surface area contributed by atoms with Crippen molar-refractivity contribution in [1.29, 1.82) is 0 Å². The summed E-state index contributed by atoms with van der Waals surface area (Å²) in [5, 5.41) is 3.05. The van der Waals surface area contributed by atoms with E-state index in [0.29, 0.717) is 5.92 Å². The van der Waals surface area contributed by atoms with Gasteiger partial charge in [-0.15, -0.1) is 0 Å². The van der Waals surface area contributed by atoms with E-state index in [0.717, 1.165) is 36.8 Å². The van der Waals surface area contributed by atoms with Gasteiger partial charge in [-0.25, -0.2) is 12.8 Å². The normalized spacial score (nSPS) is 19.4. The summed E-state index contributed by atoms with van der Waals surface area (Å²) in [6.45, 7) is 2.08. The maximum Gasteiger partial charge on any atom is 0.246 e. The Morgan fingerprint density at radius 3 is 2.22 bits per heavy atom. The SMILES string of the molecule is Cc1ccc(S(=O)(=O)N(C)CCOCC(=O)NC2CCC(C(c3ccc(F)cc3)N(C)C)CC2)cc1. The molecule has 1 aliphatic carbocycles. The van der Waals surface area contributed by atoms with Gasteiger partial charge in [0, 0.05) is 25.7 Å². The summed E-state index contributed by atoms with van der Waals surface area (Å²) in [4.78, 5) is 14.8. The minimum absolute atomic E-state index is 0.0953. The van der Waals surface area contributed by atoms with Gasteiger partial charge in [-0.2, -0.15) is 4.31 Å². The van der Waals surface area contributed by atoms with Gasteiger partial charge in [-0.3, -0.25) is 4.79 Å². The molecular formula is C27H38FN3O4S. The molecule has 1 amide bonds. The quantitative estimate of drug-likeness (QED) is 0.458. The molecule has 0 saturated heterocycles. The van der Waals surface area contributed by atoms with Crippen LogP contribution < -0.4 is 5.32 Å². The van der Waals surface area contributed by atoms with Gasteiger partial charge in [0.1, 0.15) is 12.4 Å². The smallest absolute Gasteiger partial charge is 0.246 e. The molecular weight excluding hydrogens is 481 g/mol. The van der Waals surface area contributed by atoms with Gasteiger partial charge < -0.3 is 15.0 Å². The zero-order valence-electron chi connectivity index (χ0n) is 21.6. The van der Waals surface area contributed by atoms with E-state index in [9.17, 15) is 17.6 Å². The molecule has 1 aliphatic rings. The summed E-state index contributed by atoms with van der Waals surface area (Å²) in [5.74, 6) is 0.00972. The number of likely N-dealkylation sites (N-methyl/N-ethyl adjacent to an activating group) is 1. The van der Waals surface area contributed by atoms with Gasteiger partial charge in [0.25, 0.3) is 0 Å². The predicted octanol–water partition coefficient (Wildman–Crippen LogP) is 3.75. The largest absolute Gasteiger partial charge is 0.370 e. The number of halogens is 1. The molecule has 7 nitrogen and oxygen atoms in total. The van der Waals surface area contributed by atoms with Crippen LogP contribution >= 0.6 is 0 Å². The van der Waals surface area contributed by atoms with E-state index < -0.39 is 10.0 Å². The van der Waals surface area contributed by atoms with Crippen molar-refractivity contribution in [2.45, 2.75) is 49.6 Å². The Kier molecular flexibility index (Phi) is 10.0. The standard InChI is InChI=1S/C27H38FN3O4S/c1-20-5-15-25(16-6-20)36(33,34)31(4)17-18-35-19-26(32)29-24-13-9-22(10-14-24)27(30(2)3)21-7-11-23(28)12-8-21/h5-8,11-12,15-16,22,24,27H,9-10,13-14,17-19H2,1-4H3,(H,29,32). The van der Waals surface area contributed by atoms with Crippen molar-refractivity contribution in [3.05, 3.63) is 65.5 Å². The van der Waals surface area contributed by atoms with Crippen LogP contribution in [-0.4, -0.2) is 70.5 Å². The van der Waals surface area contributed by atoms with Crippen molar-refractivity contribution in [2.24, 2.45) is 5.92 Å². The van der Waals surface area contributed by atoms with E-state index in [-0.39, 0.29) is 48.5 Å². The Bertz CT molecular complexity index is 1080. The molecule has 0 radical (unpaired) electrons. The third-order valence-electron chi connectivity index (χ3n) is 6.86. The lowest BCUT2D eigenvalue weighted by Crippen LogP contribution is -2.41. The number of hydrogen-bond acceptors (Lipinski definition) is 5. The van der Waals surface area contributed by atoms with Crippen molar-refractivity contribution in [3.8, 4) is 0 Å². The van der Waals surface area contributed by atoms with Crippen molar-refractivity contribution in [3.63, 3.8) is 0 Å². The first kappa shape index (κ1) is 28.2. The second-order valence-corrected chi connectivity index (χ2v) is 11.9. The lowest BCUT2D eigenvalue weighted by Gasteiger charge is -2.37. The number of rotatable bonds is 11. The maximum atomic E-state index is 13.4. The molecule has 0 aliphatic heterocycles. The molecule has 1 fully saturated rings. The van der Waals surface area contributed by atoms with E-state index in [1.165, 1.54) is 23.5 Å². The molecule has 0 spiro atoms. The third kappa shape index (κ3) is 7.59. The van der Waals surface area contributed by atoms with Crippen LogP contribution in [0.15, 0.2) is 53.4 Å². The first-order chi connectivity index (χ1) is 17.1. The van der Waals surface area contributed by atoms with E-state index >= 15 is 0 Å². The Labute approximate surface area is 214 Å². The lowest BCUT2D eigenvalue weighted by atomic mass is 9.78. The number of nitrogens with one attached hydrogen (secondary N) is 1. The highest BCUT2D eigenvalue weighted by molar-refractivity contribution is 7.89. The molecule has 2 aromatic carbocycles. The molecule has 1 unspecified atom stereocenters. The number of carbonyl (C=O) groups is 1. The van der Waals surface area contributed by atoms with E-state index in [1.54, 1.807) is 24.3 Å². The summed E-state index contributed by atoms with van der Waals surface area (Å²) in [6.07, 6.45) is 3.68. The molecule has 2 aromatic rings. The van der Waals surface area contributed by atoms with Crippen molar-refractivity contribution in [2.75, 3.05) is 40.9 Å². The number of aryl methyl sites for hydroxylation is 1. The van der Waals surface area contributed by atoms with Gasteiger partial charge in [0.05, 0.1) is 11.5 Å². The van der Waals surface area contributed by atoms with Crippen LogP contribution in [0.1, 0.15) is 42.9 Å². The van der Waals surface area contributed by atoms with Crippen LogP contribution in [0.25, 0.3) is 0 Å². The minimum Gasteiger partial charge on any atom is -0.370 e. The number of sulfonamides is 1. The Hall–Kier alpha value is -2.33. The maximum absolute atomic E-state index is 13.4. The average molecular weight is 520 g/mol. The second kappa shape index (κ2) is 12.8. The molecule has 36 heavy (non-hydrogen) atoms. The van der Waals surface area contributed by atoms with Crippen LogP contribution in [0.3, 0.4) is 0 Å². The number of ether oxygens (including phenoxy) is 1. The first-order valence-corrected chi connectivity index (χ1v) is 13.8.